The summed E-state index contributed by atoms with van der Waals surface area (Å²) in [4.78, 5) is 10.7. The number of esters is 1. The maximum absolute atomic E-state index is 10.7. The number of hydrogen-bond donors (Lipinski definition) is 0. The smallest absolute Gasteiger partial charge is 0.330 e. The molecule has 0 aliphatic carbocycles. The monoisotopic (exact) mass is 170 g/mol. The van der Waals surface area contributed by atoms with Crippen LogP contribution in [0.5, 0.6) is 0 Å². The van der Waals surface area contributed by atoms with Crippen molar-refractivity contribution in [3.63, 3.8) is 0 Å². The average Bonchev–Trinajstić information content (AvgIpc) is 2.47. The third-order valence-corrected chi connectivity index (χ3v) is 1.91. The molecular formula is C9H14O3. The van der Waals surface area contributed by atoms with Crippen molar-refractivity contribution in [3.8, 4) is 0 Å². The molecule has 3 heteroatoms. The summed E-state index contributed by atoms with van der Waals surface area (Å²) in [6.45, 7) is 2.03. The van der Waals surface area contributed by atoms with Crippen molar-refractivity contribution < 1.29 is 14.3 Å². The van der Waals surface area contributed by atoms with Crippen molar-refractivity contribution in [2.75, 3.05) is 7.11 Å². The van der Waals surface area contributed by atoms with Crippen LogP contribution >= 0.6 is 0 Å². The molecule has 1 saturated heterocycles. The van der Waals surface area contributed by atoms with E-state index in [1.165, 1.54) is 13.2 Å². The highest BCUT2D eigenvalue weighted by atomic mass is 16.5. The molecule has 0 unspecified atom stereocenters. The first-order valence-electron chi connectivity index (χ1n) is 4.14. The molecule has 1 fully saturated rings. The standard InChI is InChI=1S/C9H14O3/c1-7-3-4-8(12-7)5-6-9(10)11-2/h5-8H,3-4H2,1-2H3/b6-5+/t7-,8-/m0/s1. The zero-order chi connectivity index (χ0) is 8.97. The van der Waals surface area contributed by atoms with Crippen molar-refractivity contribution >= 4 is 5.97 Å². The molecule has 1 rings (SSSR count). The van der Waals surface area contributed by atoms with E-state index >= 15 is 0 Å². The van der Waals surface area contributed by atoms with E-state index in [-0.39, 0.29) is 12.1 Å². The Morgan fingerprint density at radius 2 is 2.33 bits per heavy atom. The molecule has 0 aromatic rings. The lowest BCUT2D eigenvalue weighted by Gasteiger charge is -2.04. The molecule has 0 amide bonds. The lowest BCUT2D eigenvalue weighted by atomic mass is 10.2. The number of rotatable bonds is 2. The van der Waals surface area contributed by atoms with Crippen LogP contribution in [0.2, 0.25) is 0 Å². The number of carbonyl (C=O) groups excluding carboxylic acids is 1. The van der Waals surface area contributed by atoms with E-state index in [0.717, 1.165) is 12.8 Å². The van der Waals surface area contributed by atoms with Crippen molar-refractivity contribution in [2.45, 2.75) is 32.0 Å². The van der Waals surface area contributed by atoms with Crippen LogP contribution in [0.15, 0.2) is 12.2 Å². The molecule has 1 heterocycles. The largest absolute Gasteiger partial charge is 0.466 e. The first-order chi connectivity index (χ1) is 5.72. The fourth-order valence-electron chi connectivity index (χ4n) is 1.23. The maximum Gasteiger partial charge on any atom is 0.330 e. The molecule has 1 aliphatic rings. The second-order valence-electron chi connectivity index (χ2n) is 2.94. The normalized spacial score (nSPS) is 29.5. The summed E-state index contributed by atoms with van der Waals surface area (Å²) >= 11 is 0. The van der Waals surface area contributed by atoms with Gasteiger partial charge < -0.3 is 9.47 Å². The van der Waals surface area contributed by atoms with Crippen molar-refractivity contribution in [3.05, 3.63) is 12.2 Å². The lowest BCUT2D eigenvalue weighted by Crippen LogP contribution is -2.05. The highest BCUT2D eigenvalue weighted by Gasteiger charge is 2.19. The summed E-state index contributed by atoms with van der Waals surface area (Å²) in [7, 11) is 1.37. The van der Waals surface area contributed by atoms with Crippen molar-refractivity contribution in [1.29, 1.82) is 0 Å². The van der Waals surface area contributed by atoms with Crippen LogP contribution in [0.25, 0.3) is 0 Å². The first-order valence-corrected chi connectivity index (χ1v) is 4.14. The predicted molar refractivity (Wildman–Crippen MR) is 44.7 cm³/mol. The lowest BCUT2D eigenvalue weighted by molar-refractivity contribution is -0.134. The molecule has 3 nitrogen and oxygen atoms in total. The molecule has 0 bridgehead atoms. The van der Waals surface area contributed by atoms with Gasteiger partial charge in [-0.3, -0.25) is 0 Å². The third kappa shape index (κ3) is 2.66. The van der Waals surface area contributed by atoms with E-state index in [0.29, 0.717) is 6.10 Å². The number of ether oxygens (including phenoxy) is 2. The van der Waals surface area contributed by atoms with Crippen LogP contribution in [0.4, 0.5) is 0 Å². The molecule has 2 atom stereocenters. The van der Waals surface area contributed by atoms with Gasteiger partial charge in [-0.25, -0.2) is 4.79 Å². The Hall–Kier alpha value is -0.830. The fraction of sp³-hybridized carbons (Fsp3) is 0.667. The van der Waals surface area contributed by atoms with Crippen LogP contribution in [-0.4, -0.2) is 25.3 Å². The summed E-state index contributed by atoms with van der Waals surface area (Å²) in [6, 6.07) is 0. The van der Waals surface area contributed by atoms with Crippen LogP contribution < -0.4 is 0 Å². The first kappa shape index (κ1) is 9.26. The summed E-state index contributed by atoms with van der Waals surface area (Å²) < 4.78 is 9.92. The van der Waals surface area contributed by atoms with Gasteiger partial charge in [0, 0.05) is 6.08 Å². The van der Waals surface area contributed by atoms with Gasteiger partial charge >= 0.3 is 5.97 Å². The summed E-state index contributed by atoms with van der Waals surface area (Å²) in [5, 5.41) is 0. The predicted octanol–water partition coefficient (Wildman–Crippen LogP) is 1.28. The molecule has 68 valence electrons. The van der Waals surface area contributed by atoms with Gasteiger partial charge in [-0.2, -0.15) is 0 Å². The van der Waals surface area contributed by atoms with E-state index in [4.69, 9.17) is 4.74 Å². The van der Waals surface area contributed by atoms with Gasteiger partial charge in [0.25, 0.3) is 0 Å². The molecule has 0 saturated carbocycles. The Bertz CT molecular complexity index is 186. The minimum atomic E-state index is -0.321. The fourth-order valence-corrected chi connectivity index (χ4v) is 1.23. The number of carbonyl (C=O) groups is 1. The Labute approximate surface area is 72.4 Å². The van der Waals surface area contributed by atoms with Crippen LogP contribution in [0, 0.1) is 0 Å². The van der Waals surface area contributed by atoms with Gasteiger partial charge in [0.05, 0.1) is 19.3 Å². The summed E-state index contributed by atoms with van der Waals surface area (Å²) in [5.41, 5.74) is 0. The molecule has 1 aliphatic heterocycles. The zero-order valence-corrected chi connectivity index (χ0v) is 7.45. The second kappa shape index (κ2) is 4.26. The van der Waals surface area contributed by atoms with Gasteiger partial charge in [-0.1, -0.05) is 0 Å². The van der Waals surface area contributed by atoms with Gasteiger partial charge in [-0.05, 0) is 25.8 Å². The van der Waals surface area contributed by atoms with E-state index in [1.54, 1.807) is 6.08 Å². The van der Waals surface area contributed by atoms with Crippen LogP contribution in [-0.2, 0) is 14.3 Å². The Morgan fingerprint density at radius 3 is 2.83 bits per heavy atom. The molecule has 0 spiro atoms. The topological polar surface area (TPSA) is 35.5 Å². The zero-order valence-electron chi connectivity index (χ0n) is 7.45. The van der Waals surface area contributed by atoms with Crippen LogP contribution in [0.1, 0.15) is 19.8 Å². The quantitative estimate of drug-likeness (QED) is 0.462. The van der Waals surface area contributed by atoms with Gasteiger partial charge in [-0.15, -0.1) is 0 Å². The van der Waals surface area contributed by atoms with Crippen LogP contribution in [0.3, 0.4) is 0 Å². The second-order valence-corrected chi connectivity index (χ2v) is 2.94. The van der Waals surface area contributed by atoms with E-state index in [1.807, 2.05) is 6.92 Å². The van der Waals surface area contributed by atoms with E-state index in [2.05, 4.69) is 4.74 Å². The molecule has 0 aromatic heterocycles. The molecule has 0 N–H and O–H groups in total. The highest BCUT2D eigenvalue weighted by Crippen LogP contribution is 2.19. The number of methoxy groups -OCH3 is 1. The maximum atomic E-state index is 10.7. The SMILES string of the molecule is COC(=O)/C=C/[C@@H]1CC[C@H](C)O1. The minimum absolute atomic E-state index is 0.0964. The Morgan fingerprint density at radius 1 is 1.58 bits per heavy atom. The third-order valence-electron chi connectivity index (χ3n) is 1.91. The minimum Gasteiger partial charge on any atom is -0.466 e. The summed E-state index contributed by atoms with van der Waals surface area (Å²) in [5.74, 6) is -0.321. The van der Waals surface area contributed by atoms with Gasteiger partial charge in [0.2, 0.25) is 0 Å². The Balaban J connectivity index is 2.31. The molecule has 0 radical (unpaired) electrons. The highest BCUT2D eigenvalue weighted by molar-refractivity contribution is 5.81. The average molecular weight is 170 g/mol. The molecule has 0 aromatic carbocycles. The van der Waals surface area contributed by atoms with E-state index in [9.17, 15) is 4.79 Å². The number of hydrogen-bond acceptors (Lipinski definition) is 3. The van der Waals surface area contributed by atoms with Gasteiger partial charge in [0.15, 0.2) is 0 Å². The summed E-state index contributed by atoms with van der Waals surface area (Å²) in [6.07, 6.45) is 5.65. The molecular weight excluding hydrogens is 156 g/mol. The van der Waals surface area contributed by atoms with E-state index < -0.39 is 0 Å². The van der Waals surface area contributed by atoms with Gasteiger partial charge in [0.1, 0.15) is 0 Å². The van der Waals surface area contributed by atoms with Crippen molar-refractivity contribution in [1.82, 2.24) is 0 Å². The molecule has 12 heavy (non-hydrogen) atoms. The Kier molecular flexibility index (Phi) is 3.29. The van der Waals surface area contributed by atoms with Crippen molar-refractivity contribution in [2.24, 2.45) is 0 Å².